The van der Waals surface area contributed by atoms with Gasteiger partial charge in [0.05, 0.1) is 34.7 Å². The highest BCUT2D eigenvalue weighted by Gasteiger charge is 2.27. The van der Waals surface area contributed by atoms with Gasteiger partial charge in [-0.05, 0) is 12.1 Å². The summed E-state index contributed by atoms with van der Waals surface area (Å²) in [7, 11) is 0. The van der Waals surface area contributed by atoms with Crippen molar-refractivity contribution < 1.29 is 19.4 Å². The number of aliphatic carboxylic acids is 1. The second-order valence-electron chi connectivity index (χ2n) is 4.44. The van der Waals surface area contributed by atoms with Crippen molar-refractivity contribution in [3.05, 3.63) is 33.8 Å². The van der Waals surface area contributed by atoms with Gasteiger partial charge in [-0.15, -0.1) is 0 Å². The standard InChI is InChI=1S/C13H13Cl2NO4/c14-10-3-1-2-9(12(10)15)13(19)16-4-5-20-8(7-16)6-11(17)18/h1-3,8H,4-7H2,(H,17,18)/t8-/m1/s1. The third-order valence-electron chi connectivity index (χ3n) is 3.01. The monoisotopic (exact) mass is 317 g/mol. The average molecular weight is 318 g/mol. The van der Waals surface area contributed by atoms with Gasteiger partial charge in [-0.3, -0.25) is 9.59 Å². The summed E-state index contributed by atoms with van der Waals surface area (Å²) in [6, 6.07) is 4.85. The summed E-state index contributed by atoms with van der Waals surface area (Å²) < 4.78 is 5.33. The Balaban J connectivity index is 2.12. The Hall–Kier alpha value is -1.30. The van der Waals surface area contributed by atoms with Gasteiger partial charge in [-0.2, -0.15) is 0 Å². The van der Waals surface area contributed by atoms with Crippen LogP contribution in [0.2, 0.25) is 10.0 Å². The molecule has 1 atom stereocenters. The molecule has 1 saturated heterocycles. The summed E-state index contributed by atoms with van der Waals surface area (Å²) in [6.07, 6.45) is -0.629. The number of hydrogen-bond acceptors (Lipinski definition) is 3. The highest BCUT2D eigenvalue weighted by molar-refractivity contribution is 6.43. The van der Waals surface area contributed by atoms with Crippen LogP contribution >= 0.6 is 23.2 Å². The van der Waals surface area contributed by atoms with Crippen molar-refractivity contribution in [3.63, 3.8) is 0 Å². The lowest BCUT2D eigenvalue weighted by Gasteiger charge is -2.32. The molecule has 0 aliphatic carbocycles. The number of halogens is 2. The summed E-state index contributed by atoms with van der Waals surface area (Å²) in [5.74, 6) is -1.22. The smallest absolute Gasteiger partial charge is 0.306 e. The van der Waals surface area contributed by atoms with Crippen LogP contribution in [0.5, 0.6) is 0 Å². The number of rotatable bonds is 3. The van der Waals surface area contributed by atoms with E-state index in [1.807, 2.05) is 0 Å². The molecule has 0 aromatic heterocycles. The number of carbonyl (C=O) groups excluding carboxylic acids is 1. The lowest BCUT2D eigenvalue weighted by Crippen LogP contribution is -2.46. The van der Waals surface area contributed by atoms with Crippen molar-refractivity contribution in [1.82, 2.24) is 4.90 Å². The lowest BCUT2D eigenvalue weighted by molar-refractivity contribution is -0.141. The van der Waals surface area contributed by atoms with Gasteiger partial charge in [-0.1, -0.05) is 29.3 Å². The molecule has 1 fully saturated rings. The Bertz CT molecular complexity index is 535. The zero-order chi connectivity index (χ0) is 14.7. The van der Waals surface area contributed by atoms with Crippen molar-refractivity contribution in [2.24, 2.45) is 0 Å². The van der Waals surface area contributed by atoms with E-state index >= 15 is 0 Å². The highest BCUT2D eigenvalue weighted by atomic mass is 35.5. The Kier molecular flexibility index (Phi) is 4.86. The molecule has 1 aromatic rings. The Morgan fingerprint density at radius 1 is 1.40 bits per heavy atom. The number of carboxylic acid groups (broad SMARTS) is 1. The lowest BCUT2D eigenvalue weighted by atomic mass is 10.1. The summed E-state index contributed by atoms with van der Waals surface area (Å²) in [6.45, 7) is 0.938. The van der Waals surface area contributed by atoms with Crippen LogP contribution in [-0.2, 0) is 9.53 Å². The molecule has 20 heavy (non-hydrogen) atoms. The number of morpholine rings is 1. The van der Waals surface area contributed by atoms with E-state index in [1.54, 1.807) is 18.2 Å². The second-order valence-corrected chi connectivity index (χ2v) is 5.23. The first-order chi connectivity index (χ1) is 9.49. The van der Waals surface area contributed by atoms with Gasteiger partial charge >= 0.3 is 5.97 Å². The van der Waals surface area contributed by atoms with Crippen LogP contribution in [0.4, 0.5) is 0 Å². The van der Waals surface area contributed by atoms with E-state index < -0.39 is 12.1 Å². The topological polar surface area (TPSA) is 66.8 Å². The quantitative estimate of drug-likeness (QED) is 0.929. The first-order valence-electron chi connectivity index (χ1n) is 6.05. The molecule has 1 aliphatic heterocycles. The molecule has 2 rings (SSSR count). The van der Waals surface area contributed by atoms with E-state index in [-0.39, 0.29) is 23.9 Å². The molecule has 1 aromatic carbocycles. The van der Waals surface area contributed by atoms with Gasteiger partial charge in [0.25, 0.3) is 5.91 Å². The minimum Gasteiger partial charge on any atom is -0.481 e. The number of benzene rings is 1. The molecule has 5 nitrogen and oxygen atoms in total. The first kappa shape index (κ1) is 15.1. The Morgan fingerprint density at radius 2 is 2.15 bits per heavy atom. The largest absolute Gasteiger partial charge is 0.481 e. The molecule has 0 unspecified atom stereocenters. The number of amides is 1. The molecular formula is C13H13Cl2NO4. The Morgan fingerprint density at radius 3 is 2.85 bits per heavy atom. The average Bonchev–Trinajstić information content (AvgIpc) is 2.41. The van der Waals surface area contributed by atoms with Crippen LogP contribution in [-0.4, -0.2) is 47.7 Å². The fourth-order valence-electron chi connectivity index (χ4n) is 2.06. The fraction of sp³-hybridized carbons (Fsp3) is 0.385. The molecule has 0 bridgehead atoms. The maximum absolute atomic E-state index is 12.4. The molecule has 1 heterocycles. The van der Waals surface area contributed by atoms with E-state index in [1.165, 1.54) is 4.90 Å². The van der Waals surface area contributed by atoms with Crippen LogP contribution in [0, 0.1) is 0 Å². The summed E-state index contributed by atoms with van der Waals surface area (Å²) in [5.41, 5.74) is 0.315. The molecular weight excluding hydrogens is 305 g/mol. The molecule has 0 saturated carbocycles. The fourth-order valence-corrected chi connectivity index (χ4v) is 2.44. The van der Waals surface area contributed by atoms with E-state index in [0.717, 1.165) is 0 Å². The number of carboxylic acids is 1. The van der Waals surface area contributed by atoms with E-state index in [0.29, 0.717) is 23.7 Å². The molecule has 1 amide bonds. The molecule has 1 aliphatic rings. The van der Waals surface area contributed by atoms with Crippen molar-refractivity contribution in [2.75, 3.05) is 19.7 Å². The zero-order valence-corrected chi connectivity index (χ0v) is 12.0. The van der Waals surface area contributed by atoms with Crippen LogP contribution in [0.3, 0.4) is 0 Å². The number of hydrogen-bond donors (Lipinski definition) is 1. The normalized spacial score (nSPS) is 18.9. The van der Waals surface area contributed by atoms with Crippen molar-refractivity contribution in [3.8, 4) is 0 Å². The molecule has 108 valence electrons. The van der Waals surface area contributed by atoms with Crippen molar-refractivity contribution in [2.45, 2.75) is 12.5 Å². The molecule has 0 radical (unpaired) electrons. The Labute approximate surface area is 126 Å². The zero-order valence-electron chi connectivity index (χ0n) is 10.5. The van der Waals surface area contributed by atoms with Crippen LogP contribution < -0.4 is 0 Å². The van der Waals surface area contributed by atoms with Crippen LogP contribution in [0.25, 0.3) is 0 Å². The molecule has 7 heteroatoms. The van der Waals surface area contributed by atoms with E-state index in [2.05, 4.69) is 0 Å². The highest BCUT2D eigenvalue weighted by Crippen LogP contribution is 2.27. The number of carbonyl (C=O) groups is 2. The third kappa shape index (κ3) is 3.42. The minimum absolute atomic E-state index is 0.132. The minimum atomic E-state index is -0.954. The SMILES string of the molecule is O=C(O)C[C@@H]1CN(C(=O)c2cccc(Cl)c2Cl)CCO1. The van der Waals surface area contributed by atoms with Gasteiger partial charge in [-0.25, -0.2) is 0 Å². The van der Waals surface area contributed by atoms with Gasteiger partial charge in [0.2, 0.25) is 0 Å². The number of nitrogens with zero attached hydrogens (tertiary/aromatic N) is 1. The summed E-state index contributed by atoms with van der Waals surface area (Å²) in [5, 5.41) is 9.29. The van der Waals surface area contributed by atoms with Gasteiger partial charge in [0.15, 0.2) is 0 Å². The molecule has 1 N–H and O–H groups in total. The van der Waals surface area contributed by atoms with Gasteiger partial charge < -0.3 is 14.7 Å². The predicted octanol–water partition coefficient (Wildman–Crippen LogP) is 2.31. The predicted molar refractivity (Wildman–Crippen MR) is 74.4 cm³/mol. The first-order valence-corrected chi connectivity index (χ1v) is 6.81. The maximum atomic E-state index is 12.4. The molecule has 0 spiro atoms. The summed E-state index contributed by atoms with van der Waals surface area (Å²) >= 11 is 11.9. The van der Waals surface area contributed by atoms with Crippen LogP contribution in [0.1, 0.15) is 16.8 Å². The van der Waals surface area contributed by atoms with Crippen molar-refractivity contribution in [1.29, 1.82) is 0 Å². The van der Waals surface area contributed by atoms with Crippen LogP contribution in [0.15, 0.2) is 18.2 Å². The van der Waals surface area contributed by atoms with E-state index in [9.17, 15) is 9.59 Å². The third-order valence-corrected chi connectivity index (χ3v) is 3.83. The number of ether oxygens (including phenoxy) is 1. The van der Waals surface area contributed by atoms with Gasteiger partial charge in [0.1, 0.15) is 0 Å². The summed E-state index contributed by atoms with van der Waals surface area (Å²) in [4.78, 5) is 24.6. The maximum Gasteiger partial charge on any atom is 0.306 e. The van der Waals surface area contributed by atoms with E-state index in [4.69, 9.17) is 33.0 Å². The van der Waals surface area contributed by atoms with Crippen molar-refractivity contribution >= 4 is 35.1 Å². The van der Waals surface area contributed by atoms with Gasteiger partial charge in [0, 0.05) is 13.1 Å². The second kappa shape index (κ2) is 6.43.